The Morgan fingerprint density at radius 2 is 0.974 bits per heavy atom. The Hall–Kier alpha value is -6.92. The molecule has 24 heteroatoms. The van der Waals surface area contributed by atoms with Gasteiger partial charge in [-0.15, -0.1) is 5.06 Å². The number of aliphatic carboxylic acids is 4. The summed E-state index contributed by atoms with van der Waals surface area (Å²) in [4.78, 5) is 157. The molecule has 0 spiro atoms. The summed E-state index contributed by atoms with van der Waals surface area (Å²) in [6.07, 6.45) is 2.89. The Bertz CT molecular complexity index is 2380. The van der Waals surface area contributed by atoms with E-state index in [1.54, 1.807) is 6.07 Å². The average molecular weight is 1170 g/mol. The average Bonchev–Trinajstić information content (AvgIpc) is 3.70. The second-order valence-electron chi connectivity index (χ2n) is 18.8. The number of hydroxylamine groups is 2. The molecule has 1 heterocycles. The first kappa shape index (κ1) is 63.4. The van der Waals surface area contributed by atoms with Crippen LogP contribution < -0.4 is 30.2 Å². The Kier molecular flexibility index (Phi) is 27.1. The van der Waals surface area contributed by atoms with Gasteiger partial charge in [0.2, 0.25) is 11.8 Å². The zero-order chi connectivity index (χ0) is 56.4. The zero-order valence-corrected chi connectivity index (χ0v) is 46.2. The number of carboxylic acid groups (broad SMARTS) is 4. The molecule has 2 aromatic carbocycles. The number of carbonyl (C=O) groups is 12. The number of benzene rings is 2. The number of hydrogen-bond donors (Lipinski definition) is 9. The molecule has 0 unspecified atom stereocenters. The predicted octanol–water partition coefficient (Wildman–Crippen LogP) is 3.80. The van der Waals surface area contributed by atoms with Gasteiger partial charge in [-0.1, -0.05) is 6.07 Å². The maximum absolute atomic E-state index is 13.8. The molecule has 9 N–H and O–H groups in total. The minimum absolute atomic E-state index is 0.134. The third-order valence-corrected chi connectivity index (χ3v) is 28.6. The van der Waals surface area contributed by atoms with Crippen molar-refractivity contribution in [2.24, 2.45) is 0 Å². The number of amides is 7. The number of unbranched alkanes of at least 4 members (excludes halogenated alkanes) is 4. The Labute approximate surface area is 444 Å². The summed E-state index contributed by atoms with van der Waals surface area (Å²) in [6, 6.07) is 5.81. The number of nitrogens with zero attached hydrogens (tertiary/aromatic N) is 1. The fraction of sp³-hybridized carbons (Fsp3) is 0.538. The number of carbonyl (C=O) groups excluding carboxylic acids is 8. The molecule has 1 saturated heterocycles. The zero-order valence-electron chi connectivity index (χ0n) is 43.3. The molecule has 4 atom stereocenters. The first-order valence-corrected chi connectivity index (χ1v) is 33.3. The van der Waals surface area contributed by atoms with Crippen molar-refractivity contribution < 1.29 is 82.8 Å². The van der Waals surface area contributed by atoms with Crippen LogP contribution >= 0.6 is 0 Å². The van der Waals surface area contributed by atoms with Crippen molar-refractivity contribution in [1.29, 1.82) is 0 Å². The first-order valence-electron chi connectivity index (χ1n) is 25.8. The van der Waals surface area contributed by atoms with Gasteiger partial charge in [-0.3, -0.25) is 43.2 Å². The van der Waals surface area contributed by atoms with Crippen LogP contribution in [0.1, 0.15) is 161 Å². The molecule has 0 aromatic heterocycles. The molecule has 3 rings (SSSR count). The van der Waals surface area contributed by atoms with Gasteiger partial charge in [0.05, 0.1) is 5.56 Å². The number of carboxylic acids is 4. The summed E-state index contributed by atoms with van der Waals surface area (Å²) in [5, 5.41) is 50.7. The van der Waals surface area contributed by atoms with Crippen molar-refractivity contribution in [3.8, 4) is 0 Å². The number of imide groups is 1. The van der Waals surface area contributed by atoms with Gasteiger partial charge in [0.15, 0.2) is 0 Å². The van der Waals surface area contributed by atoms with Crippen molar-refractivity contribution in [2.45, 2.75) is 167 Å². The molecule has 23 nitrogen and oxygen atoms in total. The van der Waals surface area contributed by atoms with Crippen LogP contribution in [0.5, 0.6) is 0 Å². The van der Waals surface area contributed by atoms with E-state index >= 15 is 0 Å². The molecule has 416 valence electrons. The molecule has 0 saturated carbocycles. The first-order chi connectivity index (χ1) is 36.1. The van der Waals surface area contributed by atoms with E-state index in [1.807, 2.05) is 6.07 Å². The molecular formula is C52H72N6O17Sn. The van der Waals surface area contributed by atoms with E-state index in [0.29, 0.717) is 17.0 Å². The second kappa shape index (κ2) is 32.5. The van der Waals surface area contributed by atoms with Crippen LogP contribution in [0.2, 0.25) is 13.3 Å². The van der Waals surface area contributed by atoms with Crippen molar-refractivity contribution in [3.63, 3.8) is 0 Å². The standard InChI is InChI=1S/C40H45N6O17.3C4H9.Sn/c47-29-15-16-30(48)46(29)63-40(62)24-10-6-9-23(21-24)35(56)42-25(12-17-31(49)50)36(57)43-26(13-18-32(51)52)37(58)44-27(14-19-33(53)54)38(59)45-28(39(60)61)11-4-5-20-41-34(55)22-7-2-1-3-8-22;3*1-3-4-2;/h1-2,6-10,21,25-28H,4-5,11-20H2,(H,41,55)(H,42,56)(H,43,57)(H,44,58)(H,45,59)(H,49,50)(H,51,52)(H,53,54)(H,60,61);3*1,3-4H2,2H3;/t25-,26-,27-,28-;;;;/m1..../s1. The van der Waals surface area contributed by atoms with Gasteiger partial charge in [0.25, 0.3) is 17.7 Å². The molecule has 0 bridgehead atoms. The fourth-order valence-electron chi connectivity index (χ4n) is 8.63. The molecule has 1 aliphatic rings. The number of rotatable bonds is 36. The van der Waals surface area contributed by atoms with Crippen molar-refractivity contribution >= 4 is 93.2 Å². The normalized spacial score (nSPS) is 13.9. The maximum atomic E-state index is 13.8. The van der Waals surface area contributed by atoms with E-state index in [4.69, 9.17) is 4.84 Å². The molecule has 1 fully saturated rings. The van der Waals surface area contributed by atoms with Crippen LogP contribution in [0.4, 0.5) is 0 Å². The van der Waals surface area contributed by atoms with Gasteiger partial charge < -0.3 is 36.1 Å². The van der Waals surface area contributed by atoms with E-state index in [9.17, 15) is 78.0 Å². The van der Waals surface area contributed by atoms with Gasteiger partial charge >= 0.3 is 223 Å². The summed E-state index contributed by atoms with van der Waals surface area (Å²) >= 11 is -2.84. The van der Waals surface area contributed by atoms with Crippen LogP contribution in [0.25, 0.3) is 0 Å². The van der Waals surface area contributed by atoms with Crippen molar-refractivity contribution in [2.75, 3.05) is 6.54 Å². The quantitative estimate of drug-likeness (QED) is 0.0266. The van der Waals surface area contributed by atoms with E-state index in [0.717, 1.165) is 44.6 Å². The monoisotopic (exact) mass is 1170 g/mol. The van der Waals surface area contributed by atoms with Gasteiger partial charge in [-0.25, -0.2) is 4.79 Å². The summed E-state index contributed by atoms with van der Waals surface area (Å²) < 4.78 is 5.05. The molecular weight excluding hydrogens is 1100 g/mol. The van der Waals surface area contributed by atoms with Crippen LogP contribution in [-0.2, 0) is 48.0 Å². The molecule has 76 heavy (non-hydrogen) atoms. The van der Waals surface area contributed by atoms with Crippen LogP contribution in [-0.4, -0.2) is 146 Å². The predicted molar refractivity (Wildman–Crippen MR) is 275 cm³/mol. The molecule has 0 radical (unpaired) electrons. The fourth-order valence-corrected chi connectivity index (χ4v) is 24.7. The molecule has 7 amide bonds. The summed E-state index contributed by atoms with van der Waals surface area (Å²) in [7, 11) is 0. The number of hydrogen-bond acceptors (Lipinski definition) is 13. The van der Waals surface area contributed by atoms with Gasteiger partial charge in [-0.05, 0) is 37.5 Å². The van der Waals surface area contributed by atoms with Crippen LogP contribution in [0.15, 0.2) is 48.5 Å². The third-order valence-electron chi connectivity index (χ3n) is 13.0. The summed E-state index contributed by atoms with van der Waals surface area (Å²) in [6.45, 7) is 6.79. The summed E-state index contributed by atoms with van der Waals surface area (Å²) in [5.41, 5.74) is -0.0123. The van der Waals surface area contributed by atoms with Gasteiger partial charge in [-0.2, -0.15) is 0 Å². The summed E-state index contributed by atoms with van der Waals surface area (Å²) in [5.74, 6) is -13.2. The molecule has 2 aromatic rings. The van der Waals surface area contributed by atoms with Gasteiger partial charge in [0, 0.05) is 37.7 Å². The molecule has 1 aliphatic heterocycles. The van der Waals surface area contributed by atoms with Crippen molar-refractivity contribution in [3.05, 3.63) is 65.2 Å². The Morgan fingerprint density at radius 3 is 1.43 bits per heavy atom. The Morgan fingerprint density at radius 1 is 0.539 bits per heavy atom. The second-order valence-corrected chi connectivity index (χ2v) is 32.0. The van der Waals surface area contributed by atoms with Gasteiger partial charge in [0.1, 0.15) is 18.1 Å². The van der Waals surface area contributed by atoms with E-state index in [-0.39, 0.29) is 49.3 Å². The SMILES string of the molecule is CCC[CH2][Sn]([CH2]CCC)([CH2]CCC)[c]1cccc(C(=O)NCCCC[C@@H](NC(=O)[C@@H](CCC(=O)O)NC(=O)[C@@H](CCC(=O)O)NC(=O)[C@@H](CCC(=O)O)NC(=O)c2cccc(C(=O)ON3C(=O)CCC3=O)c2)C(=O)O)c1. The topological polar surface area (TPSA) is 358 Å². The van der Waals surface area contributed by atoms with Crippen LogP contribution in [0.3, 0.4) is 0 Å². The Balaban J connectivity index is 1.72. The van der Waals surface area contributed by atoms with Crippen LogP contribution in [0, 0.1) is 0 Å². The molecule has 0 aliphatic carbocycles. The van der Waals surface area contributed by atoms with E-state index in [1.165, 1.54) is 35.1 Å². The number of nitrogens with one attached hydrogen (secondary N) is 5. The van der Waals surface area contributed by atoms with Crippen molar-refractivity contribution in [1.82, 2.24) is 31.6 Å². The van der Waals surface area contributed by atoms with E-state index < -0.39 is 146 Å². The minimum atomic E-state index is -2.84. The van der Waals surface area contributed by atoms with E-state index in [2.05, 4.69) is 59.5 Å². The third kappa shape index (κ3) is 21.0.